The molecule has 184 valence electrons. The maximum absolute atomic E-state index is 12.6. The van der Waals surface area contributed by atoms with Gasteiger partial charge in [0.25, 0.3) is 0 Å². The Morgan fingerprint density at radius 3 is 2.29 bits per heavy atom. The van der Waals surface area contributed by atoms with E-state index < -0.39 is 11.9 Å². The maximum Gasteiger partial charge on any atom is 0.414 e. The number of carboxylic acids is 2. The molecule has 0 saturated carbocycles. The number of rotatable bonds is 6. The molecule has 4 rings (SSSR count). The SMILES string of the molecule is Cc1cc2c(s1)CCCC(=O)N2CCCCN1CCN(c2ncccn2)CC1.O=C(O)C(=O)O. The fraction of sp³-hybridized carbons (Fsp3) is 0.522. The average Bonchev–Trinajstić information content (AvgIpc) is 3.13. The van der Waals surface area contributed by atoms with E-state index in [1.165, 1.54) is 15.4 Å². The Balaban J connectivity index is 0.000000481. The van der Waals surface area contributed by atoms with Crippen molar-refractivity contribution in [1.82, 2.24) is 14.9 Å². The number of fused-ring (bicyclic) bond motifs is 1. The molecule has 0 atom stereocenters. The van der Waals surface area contributed by atoms with Crippen molar-refractivity contribution in [1.29, 1.82) is 0 Å². The molecule has 1 fully saturated rings. The fourth-order valence-corrected chi connectivity index (χ4v) is 5.18. The van der Waals surface area contributed by atoms with Crippen molar-refractivity contribution in [3.8, 4) is 0 Å². The minimum Gasteiger partial charge on any atom is -0.473 e. The van der Waals surface area contributed by atoms with Gasteiger partial charge in [-0.15, -0.1) is 11.3 Å². The van der Waals surface area contributed by atoms with E-state index in [1.54, 1.807) is 12.4 Å². The summed E-state index contributed by atoms with van der Waals surface area (Å²) in [7, 11) is 0. The minimum atomic E-state index is -1.82. The summed E-state index contributed by atoms with van der Waals surface area (Å²) >= 11 is 1.85. The summed E-state index contributed by atoms with van der Waals surface area (Å²) in [5, 5.41) is 14.8. The van der Waals surface area contributed by atoms with Gasteiger partial charge in [-0.2, -0.15) is 0 Å². The van der Waals surface area contributed by atoms with Gasteiger partial charge < -0.3 is 20.0 Å². The number of amides is 1. The molecule has 0 unspecified atom stereocenters. The molecule has 2 N–H and O–H groups in total. The summed E-state index contributed by atoms with van der Waals surface area (Å²) in [5.74, 6) is -2.51. The lowest BCUT2D eigenvalue weighted by Crippen LogP contribution is -2.47. The lowest BCUT2D eigenvalue weighted by Gasteiger charge is -2.34. The van der Waals surface area contributed by atoms with Crippen molar-refractivity contribution >= 4 is 40.8 Å². The van der Waals surface area contributed by atoms with Gasteiger partial charge in [-0.1, -0.05) is 0 Å². The summed E-state index contributed by atoms with van der Waals surface area (Å²) in [5.41, 5.74) is 1.18. The zero-order chi connectivity index (χ0) is 24.5. The zero-order valence-electron chi connectivity index (χ0n) is 19.4. The van der Waals surface area contributed by atoms with E-state index in [9.17, 15) is 4.79 Å². The molecular weight excluding hydrogens is 458 g/mol. The van der Waals surface area contributed by atoms with E-state index in [0.717, 1.165) is 70.9 Å². The number of aromatic nitrogens is 2. The quantitative estimate of drug-likeness (QED) is 0.464. The Morgan fingerprint density at radius 1 is 1.00 bits per heavy atom. The third kappa shape index (κ3) is 7.22. The van der Waals surface area contributed by atoms with E-state index in [0.29, 0.717) is 12.3 Å². The highest BCUT2D eigenvalue weighted by molar-refractivity contribution is 7.12. The topological polar surface area (TPSA) is 127 Å². The van der Waals surface area contributed by atoms with E-state index in [-0.39, 0.29) is 0 Å². The van der Waals surface area contributed by atoms with Gasteiger partial charge in [-0.25, -0.2) is 19.6 Å². The van der Waals surface area contributed by atoms with Gasteiger partial charge in [-0.3, -0.25) is 9.69 Å². The second-order valence-electron chi connectivity index (χ2n) is 8.26. The first-order valence-electron chi connectivity index (χ1n) is 11.5. The van der Waals surface area contributed by atoms with E-state index in [1.807, 2.05) is 17.4 Å². The lowest BCUT2D eigenvalue weighted by molar-refractivity contribution is -0.159. The van der Waals surface area contributed by atoms with Crippen LogP contribution < -0.4 is 9.80 Å². The molecule has 2 aromatic rings. The van der Waals surface area contributed by atoms with Crippen molar-refractivity contribution in [3.05, 3.63) is 34.3 Å². The molecule has 2 aromatic heterocycles. The van der Waals surface area contributed by atoms with Crippen LogP contribution >= 0.6 is 11.3 Å². The average molecular weight is 490 g/mol. The second-order valence-corrected chi connectivity index (χ2v) is 9.60. The van der Waals surface area contributed by atoms with Crippen LogP contribution in [0.5, 0.6) is 0 Å². The monoisotopic (exact) mass is 489 g/mol. The summed E-state index contributed by atoms with van der Waals surface area (Å²) < 4.78 is 0. The number of hydrogen-bond donors (Lipinski definition) is 2. The fourth-order valence-electron chi connectivity index (χ4n) is 4.10. The number of hydrogen-bond acceptors (Lipinski definition) is 8. The first-order chi connectivity index (χ1) is 16.3. The van der Waals surface area contributed by atoms with Crippen molar-refractivity contribution in [2.24, 2.45) is 0 Å². The van der Waals surface area contributed by atoms with Crippen LogP contribution in [0.4, 0.5) is 11.6 Å². The smallest absolute Gasteiger partial charge is 0.414 e. The number of aliphatic carboxylic acids is 2. The Kier molecular flexibility index (Phi) is 9.34. The number of anilines is 2. The van der Waals surface area contributed by atoms with Crippen LogP contribution in [-0.4, -0.2) is 82.2 Å². The Hall–Kier alpha value is -3.05. The van der Waals surface area contributed by atoms with Crippen molar-refractivity contribution in [2.75, 3.05) is 49.1 Å². The van der Waals surface area contributed by atoms with Crippen LogP contribution in [0.3, 0.4) is 0 Å². The first kappa shape index (κ1) is 25.6. The third-order valence-corrected chi connectivity index (χ3v) is 6.89. The number of aryl methyl sites for hydroxylation is 2. The molecule has 34 heavy (non-hydrogen) atoms. The number of thiophene rings is 1. The van der Waals surface area contributed by atoms with E-state index in [4.69, 9.17) is 19.8 Å². The van der Waals surface area contributed by atoms with Gasteiger partial charge in [0, 0.05) is 61.3 Å². The predicted molar refractivity (Wildman–Crippen MR) is 130 cm³/mol. The van der Waals surface area contributed by atoms with Gasteiger partial charge in [0.2, 0.25) is 11.9 Å². The van der Waals surface area contributed by atoms with E-state index in [2.05, 4.69) is 37.7 Å². The summed E-state index contributed by atoms with van der Waals surface area (Å²) in [6, 6.07) is 4.06. The molecule has 2 aliphatic heterocycles. The standard InChI is InChI=1S/C21H29N5OS.C2H2O4/c1-17-16-18-19(28-17)6-4-7-20(27)26(18)11-3-2-10-24-12-14-25(15-13-24)21-22-8-5-9-23-21;3-1(4)2(5)6/h5,8-9,16H,2-4,6-7,10-15H2,1H3;(H,3,4)(H,5,6). The molecule has 10 nitrogen and oxygen atoms in total. The van der Waals surface area contributed by atoms with Gasteiger partial charge >= 0.3 is 11.9 Å². The minimum absolute atomic E-state index is 0.299. The molecule has 1 amide bonds. The highest BCUT2D eigenvalue weighted by Crippen LogP contribution is 2.34. The second kappa shape index (κ2) is 12.4. The lowest BCUT2D eigenvalue weighted by atomic mass is 10.2. The Morgan fingerprint density at radius 2 is 1.65 bits per heavy atom. The summed E-state index contributed by atoms with van der Waals surface area (Å²) in [4.78, 5) is 49.0. The number of nitrogens with zero attached hydrogens (tertiary/aromatic N) is 5. The van der Waals surface area contributed by atoms with Crippen molar-refractivity contribution in [2.45, 2.75) is 39.0 Å². The number of piperazine rings is 1. The zero-order valence-corrected chi connectivity index (χ0v) is 20.2. The molecule has 4 heterocycles. The van der Waals surface area contributed by atoms with Crippen LogP contribution in [0.15, 0.2) is 24.5 Å². The Bertz CT molecular complexity index is 963. The molecule has 1 saturated heterocycles. The Labute approximate surface area is 202 Å². The molecule has 2 aliphatic rings. The third-order valence-electron chi connectivity index (χ3n) is 5.79. The van der Waals surface area contributed by atoms with Gasteiger partial charge in [0.05, 0.1) is 5.69 Å². The predicted octanol–water partition coefficient (Wildman–Crippen LogP) is 2.27. The van der Waals surface area contributed by atoms with Crippen molar-refractivity contribution in [3.63, 3.8) is 0 Å². The molecule has 0 aliphatic carbocycles. The summed E-state index contributed by atoms with van der Waals surface area (Å²) in [6.45, 7) is 8.14. The molecule has 0 radical (unpaired) electrons. The van der Waals surface area contributed by atoms with Gasteiger partial charge in [0.1, 0.15) is 0 Å². The molecule has 0 bridgehead atoms. The first-order valence-corrected chi connectivity index (χ1v) is 12.3. The van der Waals surface area contributed by atoms with Gasteiger partial charge in [0.15, 0.2) is 0 Å². The van der Waals surface area contributed by atoms with Crippen LogP contribution in [0, 0.1) is 6.92 Å². The largest absolute Gasteiger partial charge is 0.473 e. The number of carbonyl (C=O) groups is 3. The molecule has 0 spiro atoms. The highest BCUT2D eigenvalue weighted by atomic mass is 32.1. The van der Waals surface area contributed by atoms with Gasteiger partial charge in [-0.05, 0) is 51.3 Å². The van der Waals surface area contributed by atoms with Crippen LogP contribution in [0.2, 0.25) is 0 Å². The molecular formula is C23H31N5O5S. The van der Waals surface area contributed by atoms with E-state index >= 15 is 0 Å². The number of carboxylic acid groups (broad SMARTS) is 2. The molecule has 11 heteroatoms. The molecule has 0 aromatic carbocycles. The normalized spacial score (nSPS) is 16.3. The number of unbranched alkanes of at least 4 members (excludes halogenated alkanes) is 1. The summed E-state index contributed by atoms with van der Waals surface area (Å²) in [6.07, 6.45) is 8.51. The highest BCUT2D eigenvalue weighted by Gasteiger charge is 2.24. The van der Waals surface area contributed by atoms with Crippen LogP contribution in [-0.2, 0) is 20.8 Å². The van der Waals surface area contributed by atoms with Crippen molar-refractivity contribution < 1.29 is 24.6 Å². The maximum atomic E-state index is 12.6. The van der Waals surface area contributed by atoms with Crippen LogP contribution in [0.25, 0.3) is 0 Å². The van der Waals surface area contributed by atoms with Crippen LogP contribution in [0.1, 0.15) is 35.4 Å². The number of carbonyl (C=O) groups excluding carboxylic acids is 1.